The highest BCUT2D eigenvalue weighted by Gasteiger charge is 2.08. The summed E-state index contributed by atoms with van der Waals surface area (Å²) >= 11 is 0. The first-order valence-electron chi connectivity index (χ1n) is 8.30. The Bertz CT molecular complexity index is 447. The molecule has 0 amide bonds. The van der Waals surface area contributed by atoms with Gasteiger partial charge >= 0.3 is 0 Å². The summed E-state index contributed by atoms with van der Waals surface area (Å²) in [4.78, 5) is 0. The summed E-state index contributed by atoms with van der Waals surface area (Å²) in [5.74, 6) is 0.673. The lowest BCUT2D eigenvalue weighted by atomic mass is 10.0. The van der Waals surface area contributed by atoms with Crippen LogP contribution in [0.1, 0.15) is 56.8 Å². The third-order valence-electron chi connectivity index (χ3n) is 4.10. The van der Waals surface area contributed by atoms with Crippen LogP contribution in [0.4, 0.5) is 0 Å². The van der Waals surface area contributed by atoms with Crippen LogP contribution in [0.5, 0.6) is 0 Å². The minimum Gasteiger partial charge on any atom is -0.387 e. The monoisotopic (exact) mass is 287 g/mol. The Kier molecular flexibility index (Phi) is 6.47. The summed E-state index contributed by atoms with van der Waals surface area (Å²) in [6.45, 7) is 6.06. The van der Waals surface area contributed by atoms with Gasteiger partial charge in [-0.15, -0.1) is 0 Å². The van der Waals surface area contributed by atoms with Gasteiger partial charge in [0.05, 0.1) is 6.10 Å². The molecule has 21 heavy (non-hydrogen) atoms. The highest BCUT2D eigenvalue weighted by molar-refractivity contribution is 5.24. The van der Waals surface area contributed by atoms with Crippen LogP contribution in [0, 0.1) is 5.92 Å². The first-order valence-corrected chi connectivity index (χ1v) is 8.30. The van der Waals surface area contributed by atoms with E-state index >= 15 is 0 Å². The van der Waals surface area contributed by atoms with Crippen LogP contribution in [0.3, 0.4) is 0 Å². The fourth-order valence-corrected chi connectivity index (χ4v) is 2.92. The average Bonchev–Trinajstić information content (AvgIpc) is 2.97. The number of aliphatic hydroxyl groups excluding tert-OH is 1. The molecule has 0 fully saturated rings. The number of hydrogen-bond acceptors (Lipinski definition) is 2. The smallest absolute Gasteiger partial charge is 0.0914 e. The normalized spacial score (nSPS) is 16.3. The van der Waals surface area contributed by atoms with Gasteiger partial charge in [-0.05, 0) is 55.7 Å². The SMILES string of the molecule is CC(C)Cc1ccc(C(O)CNCCC2=CCCC2)cc1. The molecule has 0 radical (unpaired) electrons. The van der Waals surface area contributed by atoms with Crippen molar-refractivity contribution in [1.29, 1.82) is 0 Å². The summed E-state index contributed by atoms with van der Waals surface area (Å²) in [5, 5.41) is 13.6. The van der Waals surface area contributed by atoms with E-state index in [9.17, 15) is 5.11 Å². The highest BCUT2D eigenvalue weighted by atomic mass is 16.3. The van der Waals surface area contributed by atoms with Crippen LogP contribution in [0.15, 0.2) is 35.9 Å². The van der Waals surface area contributed by atoms with E-state index < -0.39 is 6.10 Å². The van der Waals surface area contributed by atoms with Gasteiger partial charge in [0.25, 0.3) is 0 Å². The molecule has 0 saturated carbocycles. The molecule has 116 valence electrons. The zero-order valence-electron chi connectivity index (χ0n) is 13.4. The first-order chi connectivity index (χ1) is 10.1. The molecule has 0 aromatic heterocycles. The van der Waals surface area contributed by atoms with Crippen molar-refractivity contribution in [2.75, 3.05) is 13.1 Å². The molecular weight excluding hydrogens is 258 g/mol. The molecule has 1 atom stereocenters. The maximum atomic E-state index is 10.2. The van der Waals surface area contributed by atoms with Crippen molar-refractivity contribution in [2.45, 2.75) is 52.1 Å². The Balaban J connectivity index is 1.70. The van der Waals surface area contributed by atoms with Gasteiger partial charge in [0.2, 0.25) is 0 Å². The van der Waals surface area contributed by atoms with Crippen LogP contribution in [-0.2, 0) is 6.42 Å². The molecule has 1 aromatic carbocycles. The van der Waals surface area contributed by atoms with E-state index in [-0.39, 0.29) is 0 Å². The van der Waals surface area contributed by atoms with Crippen molar-refractivity contribution in [3.63, 3.8) is 0 Å². The molecule has 2 nitrogen and oxygen atoms in total. The second-order valence-corrected chi connectivity index (χ2v) is 6.56. The lowest BCUT2D eigenvalue weighted by Crippen LogP contribution is -2.22. The number of aliphatic hydroxyl groups is 1. The Morgan fingerprint density at radius 3 is 2.57 bits per heavy atom. The predicted octanol–water partition coefficient (Wildman–Crippen LogP) is 4.01. The van der Waals surface area contributed by atoms with Gasteiger partial charge in [0.15, 0.2) is 0 Å². The molecule has 0 bridgehead atoms. The molecule has 1 aliphatic rings. The number of rotatable bonds is 8. The summed E-state index contributed by atoms with van der Waals surface area (Å²) < 4.78 is 0. The Hall–Kier alpha value is -1.12. The summed E-state index contributed by atoms with van der Waals surface area (Å²) in [5.41, 5.74) is 3.94. The minimum atomic E-state index is -0.407. The Labute approximate surface area is 129 Å². The number of nitrogens with one attached hydrogen (secondary N) is 1. The molecule has 0 spiro atoms. The fraction of sp³-hybridized carbons (Fsp3) is 0.579. The number of allylic oxidation sites excluding steroid dienone is 1. The molecule has 1 aromatic rings. The highest BCUT2D eigenvalue weighted by Crippen LogP contribution is 2.20. The predicted molar refractivity (Wildman–Crippen MR) is 89.4 cm³/mol. The van der Waals surface area contributed by atoms with Crippen molar-refractivity contribution in [2.24, 2.45) is 5.92 Å². The minimum absolute atomic E-state index is 0.407. The van der Waals surface area contributed by atoms with Crippen LogP contribution in [-0.4, -0.2) is 18.2 Å². The molecule has 2 heteroatoms. The second kappa shape index (κ2) is 8.35. The standard InChI is InChI=1S/C19H29NO/c1-15(2)13-17-7-9-18(10-8-17)19(21)14-20-12-11-16-5-3-4-6-16/h5,7-10,15,19-21H,3-4,6,11-14H2,1-2H3. The summed E-state index contributed by atoms with van der Waals surface area (Å²) in [7, 11) is 0. The molecular formula is C19H29NO. The summed E-state index contributed by atoms with van der Waals surface area (Å²) in [6, 6.07) is 8.40. The molecule has 2 rings (SSSR count). The molecule has 0 aliphatic heterocycles. The van der Waals surface area contributed by atoms with Crippen molar-refractivity contribution in [1.82, 2.24) is 5.32 Å². The van der Waals surface area contributed by atoms with Crippen LogP contribution in [0.2, 0.25) is 0 Å². The van der Waals surface area contributed by atoms with Crippen LogP contribution >= 0.6 is 0 Å². The van der Waals surface area contributed by atoms with Gasteiger partial charge in [-0.2, -0.15) is 0 Å². The van der Waals surface area contributed by atoms with E-state index in [0.717, 1.165) is 24.9 Å². The van der Waals surface area contributed by atoms with Gasteiger partial charge in [-0.25, -0.2) is 0 Å². The average molecular weight is 287 g/mol. The Morgan fingerprint density at radius 1 is 1.19 bits per heavy atom. The lowest BCUT2D eigenvalue weighted by molar-refractivity contribution is 0.175. The third kappa shape index (κ3) is 5.64. The van der Waals surface area contributed by atoms with E-state index in [0.29, 0.717) is 12.5 Å². The van der Waals surface area contributed by atoms with Gasteiger partial charge in [-0.1, -0.05) is 49.8 Å². The van der Waals surface area contributed by atoms with Gasteiger partial charge in [0, 0.05) is 6.54 Å². The van der Waals surface area contributed by atoms with E-state index in [4.69, 9.17) is 0 Å². The molecule has 1 aliphatic carbocycles. The number of benzene rings is 1. The van der Waals surface area contributed by atoms with Crippen molar-refractivity contribution >= 4 is 0 Å². The molecule has 0 saturated heterocycles. The first kappa shape index (κ1) is 16.3. The topological polar surface area (TPSA) is 32.3 Å². The van der Waals surface area contributed by atoms with Crippen LogP contribution in [0.25, 0.3) is 0 Å². The van der Waals surface area contributed by atoms with Crippen molar-refractivity contribution in [3.05, 3.63) is 47.0 Å². The molecule has 0 heterocycles. The zero-order valence-corrected chi connectivity index (χ0v) is 13.4. The summed E-state index contributed by atoms with van der Waals surface area (Å²) in [6.07, 6.45) is 8.02. The van der Waals surface area contributed by atoms with E-state index in [2.05, 4.69) is 49.5 Å². The second-order valence-electron chi connectivity index (χ2n) is 6.56. The van der Waals surface area contributed by atoms with Crippen molar-refractivity contribution < 1.29 is 5.11 Å². The van der Waals surface area contributed by atoms with Gasteiger partial charge < -0.3 is 10.4 Å². The van der Waals surface area contributed by atoms with E-state index in [1.807, 2.05) is 0 Å². The molecule has 1 unspecified atom stereocenters. The van der Waals surface area contributed by atoms with Gasteiger partial charge in [0.1, 0.15) is 0 Å². The third-order valence-corrected chi connectivity index (χ3v) is 4.10. The van der Waals surface area contributed by atoms with E-state index in [1.54, 1.807) is 5.57 Å². The maximum absolute atomic E-state index is 10.2. The lowest BCUT2D eigenvalue weighted by Gasteiger charge is -2.13. The zero-order chi connectivity index (χ0) is 15.1. The quantitative estimate of drug-likeness (QED) is 0.559. The van der Waals surface area contributed by atoms with Crippen molar-refractivity contribution in [3.8, 4) is 0 Å². The number of hydrogen-bond donors (Lipinski definition) is 2. The van der Waals surface area contributed by atoms with Gasteiger partial charge in [-0.3, -0.25) is 0 Å². The maximum Gasteiger partial charge on any atom is 0.0914 e. The van der Waals surface area contributed by atoms with E-state index in [1.165, 1.54) is 24.8 Å². The fourth-order valence-electron chi connectivity index (χ4n) is 2.92. The van der Waals surface area contributed by atoms with Crippen LogP contribution < -0.4 is 5.32 Å². The Morgan fingerprint density at radius 2 is 1.95 bits per heavy atom. The largest absolute Gasteiger partial charge is 0.387 e. The molecule has 2 N–H and O–H groups in total.